The highest BCUT2D eigenvalue weighted by atomic mass is 16.6. The zero-order chi connectivity index (χ0) is 55.0. The van der Waals surface area contributed by atoms with E-state index in [-0.39, 0.29) is 31.1 Å². The first-order chi connectivity index (χ1) is 37.5. The van der Waals surface area contributed by atoms with Gasteiger partial charge in [0.15, 0.2) is 6.10 Å². The molecule has 0 spiro atoms. The molecule has 76 heavy (non-hydrogen) atoms. The van der Waals surface area contributed by atoms with Crippen LogP contribution in [-0.4, -0.2) is 37.2 Å². The van der Waals surface area contributed by atoms with Gasteiger partial charge in [0.25, 0.3) is 0 Å². The molecule has 0 heterocycles. The number of hydrogen-bond acceptors (Lipinski definition) is 6. The van der Waals surface area contributed by atoms with E-state index in [0.717, 1.165) is 96.3 Å². The van der Waals surface area contributed by atoms with Crippen LogP contribution in [-0.2, 0) is 28.6 Å². The third-order valence-electron chi connectivity index (χ3n) is 15.1. The maximum Gasteiger partial charge on any atom is 0.306 e. The van der Waals surface area contributed by atoms with Gasteiger partial charge in [-0.1, -0.05) is 333 Å². The van der Waals surface area contributed by atoms with Gasteiger partial charge in [-0.15, -0.1) is 0 Å². The van der Waals surface area contributed by atoms with Gasteiger partial charge in [-0.05, 0) is 57.8 Å². The SMILES string of the molecule is CC/C=C\C/C=C\C/C=C\C/C=C\CCCCCCC(=O)OCC(COC(=O)CCCCCCCCCCCCCCCCCCCCCCCC)OC(=O)CCCCCCCCCCCCCCCCCCCCC. The third-order valence-corrected chi connectivity index (χ3v) is 15.1. The van der Waals surface area contributed by atoms with E-state index in [9.17, 15) is 14.4 Å². The normalized spacial score (nSPS) is 12.3. The first kappa shape index (κ1) is 73.4. The van der Waals surface area contributed by atoms with Crippen LogP contribution >= 0.6 is 0 Å². The molecule has 0 aromatic carbocycles. The predicted octanol–water partition coefficient (Wildman–Crippen LogP) is 22.9. The zero-order valence-corrected chi connectivity index (χ0v) is 51.0. The lowest BCUT2D eigenvalue weighted by Gasteiger charge is -2.18. The lowest BCUT2D eigenvalue weighted by molar-refractivity contribution is -0.167. The second kappa shape index (κ2) is 64.9. The number of carbonyl (C=O) groups is 3. The van der Waals surface area contributed by atoms with E-state index in [1.54, 1.807) is 0 Å². The Kier molecular flexibility index (Phi) is 62.6. The smallest absolute Gasteiger partial charge is 0.306 e. The van der Waals surface area contributed by atoms with Gasteiger partial charge >= 0.3 is 17.9 Å². The molecule has 6 nitrogen and oxygen atoms in total. The Morgan fingerprint density at radius 2 is 0.513 bits per heavy atom. The average Bonchev–Trinajstić information content (AvgIpc) is 3.42. The molecule has 0 N–H and O–H groups in total. The first-order valence-corrected chi connectivity index (χ1v) is 33.6. The van der Waals surface area contributed by atoms with Crippen LogP contribution < -0.4 is 0 Å². The molecule has 0 aromatic rings. The summed E-state index contributed by atoms with van der Waals surface area (Å²) in [5.41, 5.74) is 0. The summed E-state index contributed by atoms with van der Waals surface area (Å²) in [5.74, 6) is -0.874. The minimum Gasteiger partial charge on any atom is -0.462 e. The lowest BCUT2D eigenvalue weighted by Crippen LogP contribution is -2.30. The van der Waals surface area contributed by atoms with Gasteiger partial charge in [0, 0.05) is 19.3 Å². The van der Waals surface area contributed by atoms with E-state index in [4.69, 9.17) is 14.2 Å². The Balaban J connectivity index is 4.33. The maximum atomic E-state index is 12.9. The van der Waals surface area contributed by atoms with E-state index in [2.05, 4.69) is 69.4 Å². The van der Waals surface area contributed by atoms with Crippen molar-refractivity contribution < 1.29 is 28.6 Å². The molecule has 6 heteroatoms. The van der Waals surface area contributed by atoms with Gasteiger partial charge in [0.2, 0.25) is 0 Å². The molecular formula is C70H128O6. The van der Waals surface area contributed by atoms with E-state index in [1.807, 2.05) is 0 Å². The summed E-state index contributed by atoms with van der Waals surface area (Å²) in [4.78, 5) is 38.4. The fourth-order valence-corrected chi connectivity index (χ4v) is 10.1. The summed E-state index contributed by atoms with van der Waals surface area (Å²) in [6.45, 7) is 6.58. The van der Waals surface area contributed by atoms with Crippen LogP contribution in [0.5, 0.6) is 0 Å². The molecule has 1 atom stereocenters. The molecule has 0 saturated heterocycles. The third kappa shape index (κ3) is 62.2. The van der Waals surface area contributed by atoms with Gasteiger partial charge < -0.3 is 14.2 Å². The minimum atomic E-state index is -0.781. The molecule has 0 saturated carbocycles. The first-order valence-electron chi connectivity index (χ1n) is 33.6. The van der Waals surface area contributed by atoms with Gasteiger partial charge in [0.05, 0.1) is 0 Å². The quantitative estimate of drug-likeness (QED) is 0.0261. The van der Waals surface area contributed by atoms with Crippen molar-refractivity contribution in [2.75, 3.05) is 13.2 Å². The van der Waals surface area contributed by atoms with Gasteiger partial charge in [-0.3, -0.25) is 14.4 Å². The number of ether oxygens (including phenoxy) is 3. The summed E-state index contributed by atoms with van der Waals surface area (Å²) in [6.07, 6.45) is 81.3. The summed E-state index contributed by atoms with van der Waals surface area (Å²) in [7, 11) is 0. The van der Waals surface area contributed by atoms with Crippen molar-refractivity contribution in [1.29, 1.82) is 0 Å². The number of hydrogen-bond donors (Lipinski definition) is 0. The van der Waals surface area contributed by atoms with Gasteiger partial charge in [-0.2, -0.15) is 0 Å². The van der Waals surface area contributed by atoms with E-state index < -0.39 is 6.10 Å². The molecule has 0 aliphatic heterocycles. The minimum absolute atomic E-state index is 0.0757. The lowest BCUT2D eigenvalue weighted by atomic mass is 10.0. The van der Waals surface area contributed by atoms with Crippen molar-refractivity contribution in [1.82, 2.24) is 0 Å². The van der Waals surface area contributed by atoms with Crippen molar-refractivity contribution in [3.63, 3.8) is 0 Å². The highest BCUT2D eigenvalue weighted by Gasteiger charge is 2.19. The Labute approximate surface area is 473 Å². The number of allylic oxidation sites excluding steroid dienone is 8. The van der Waals surface area contributed by atoms with Crippen LogP contribution in [0.25, 0.3) is 0 Å². The van der Waals surface area contributed by atoms with Gasteiger partial charge in [0.1, 0.15) is 13.2 Å². The summed E-state index contributed by atoms with van der Waals surface area (Å²) in [5, 5.41) is 0. The predicted molar refractivity (Wildman–Crippen MR) is 330 cm³/mol. The van der Waals surface area contributed by atoms with E-state index in [0.29, 0.717) is 19.3 Å². The molecule has 0 radical (unpaired) electrons. The van der Waals surface area contributed by atoms with Crippen LogP contribution in [0.3, 0.4) is 0 Å². The molecular weight excluding hydrogens is 937 g/mol. The number of carbonyl (C=O) groups excluding carboxylic acids is 3. The Morgan fingerprint density at radius 1 is 0.276 bits per heavy atom. The fourth-order valence-electron chi connectivity index (χ4n) is 10.1. The van der Waals surface area contributed by atoms with Crippen LogP contribution in [0, 0.1) is 0 Å². The fraction of sp³-hybridized carbons (Fsp3) is 0.843. The van der Waals surface area contributed by atoms with Crippen molar-refractivity contribution >= 4 is 17.9 Å². The summed E-state index contributed by atoms with van der Waals surface area (Å²) in [6, 6.07) is 0. The zero-order valence-electron chi connectivity index (χ0n) is 51.0. The summed E-state index contributed by atoms with van der Waals surface area (Å²) >= 11 is 0. The Morgan fingerprint density at radius 3 is 0.803 bits per heavy atom. The molecule has 0 bridgehead atoms. The second-order valence-electron chi connectivity index (χ2n) is 22.7. The maximum absolute atomic E-state index is 12.9. The summed E-state index contributed by atoms with van der Waals surface area (Å²) < 4.78 is 17.0. The molecule has 0 aliphatic rings. The van der Waals surface area contributed by atoms with Crippen LogP contribution in [0.1, 0.15) is 361 Å². The number of rotatable bonds is 62. The van der Waals surface area contributed by atoms with Crippen LogP contribution in [0.15, 0.2) is 48.6 Å². The van der Waals surface area contributed by atoms with Crippen molar-refractivity contribution in [3.8, 4) is 0 Å². The largest absolute Gasteiger partial charge is 0.462 e. The van der Waals surface area contributed by atoms with Crippen molar-refractivity contribution in [3.05, 3.63) is 48.6 Å². The highest BCUT2D eigenvalue weighted by Crippen LogP contribution is 2.18. The molecule has 0 aliphatic carbocycles. The number of unbranched alkanes of at least 4 members (excludes halogenated alkanes) is 43. The highest BCUT2D eigenvalue weighted by molar-refractivity contribution is 5.71. The van der Waals surface area contributed by atoms with Gasteiger partial charge in [-0.25, -0.2) is 0 Å². The molecule has 444 valence electrons. The average molecular weight is 1070 g/mol. The van der Waals surface area contributed by atoms with E-state index in [1.165, 1.54) is 225 Å². The van der Waals surface area contributed by atoms with Crippen molar-refractivity contribution in [2.45, 2.75) is 367 Å². The molecule has 0 amide bonds. The second-order valence-corrected chi connectivity index (χ2v) is 22.7. The monoisotopic (exact) mass is 1060 g/mol. The van der Waals surface area contributed by atoms with Crippen LogP contribution in [0.4, 0.5) is 0 Å². The molecule has 0 fully saturated rings. The number of esters is 3. The molecule has 0 aromatic heterocycles. The van der Waals surface area contributed by atoms with E-state index >= 15 is 0 Å². The Hall–Kier alpha value is -2.63. The standard InChI is InChI=1S/C70H128O6/c1-4-7-10-13-16-19-22-25-28-31-33-34-35-37-39-42-45-48-51-54-57-60-63-69(72)75-66-67(65-74-68(71)62-59-56-53-50-47-44-41-38-30-27-24-21-18-15-12-9-6-3)76-70(73)64-61-58-55-52-49-46-43-40-36-32-29-26-23-20-17-14-11-8-5-2/h9,12,18,21,27,30,41,44,67H,4-8,10-11,13-17,19-20,22-26,28-29,31-40,42-43,45-66H2,1-3H3/b12-9-,21-18-,30-27-,44-41-. The topological polar surface area (TPSA) is 78.9 Å². The molecule has 1 unspecified atom stereocenters. The van der Waals surface area contributed by atoms with Crippen molar-refractivity contribution in [2.24, 2.45) is 0 Å². The van der Waals surface area contributed by atoms with Crippen LogP contribution in [0.2, 0.25) is 0 Å². The Bertz CT molecular complexity index is 1310. The molecule has 0 rings (SSSR count).